The van der Waals surface area contributed by atoms with E-state index in [2.05, 4.69) is 46.2 Å². The van der Waals surface area contributed by atoms with E-state index in [1.807, 2.05) is 4.68 Å². The Kier molecular flexibility index (Phi) is 4.71. The Balaban J connectivity index is 1.76. The van der Waals surface area contributed by atoms with Crippen LogP contribution in [-0.4, -0.2) is 44.0 Å². The summed E-state index contributed by atoms with van der Waals surface area (Å²) in [6, 6.07) is 8.38. The average Bonchev–Trinajstić information content (AvgIpc) is 2.88. The quantitative estimate of drug-likeness (QED) is 0.851. The average molecular weight is 318 g/mol. The first kappa shape index (κ1) is 15.4. The van der Waals surface area contributed by atoms with E-state index in [9.17, 15) is 5.11 Å². The van der Waals surface area contributed by atoms with Gasteiger partial charge in [0.15, 0.2) is 5.82 Å². The molecular formula is C16H22N4OS. The van der Waals surface area contributed by atoms with Crippen molar-refractivity contribution in [3.63, 3.8) is 0 Å². The van der Waals surface area contributed by atoms with E-state index < -0.39 is 0 Å². The molecule has 0 aliphatic carbocycles. The van der Waals surface area contributed by atoms with E-state index in [0.29, 0.717) is 18.0 Å². The lowest BCUT2D eigenvalue weighted by atomic mass is 10.1. The van der Waals surface area contributed by atoms with Crippen molar-refractivity contribution in [2.75, 3.05) is 13.1 Å². The predicted octanol–water partition coefficient (Wildman–Crippen LogP) is 2.58. The number of hydrogen-bond donors (Lipinski definition) is 2. The Morgan fingerprint density at radius 3 is 2.82 bits per heavy atom. The topological polar surface area (TPSA) is 57.1 Å². The van der Waals surface area contributed by atoms with E-state index in [-0.39, 0.29) is 6.10 Å². The maximum absolute atomic E-state index is 9.76. The lowest BCUT2D eigenvalue weighted by molar-refractivity contribution is 0.0514. The second kappa shape index (κ2) is 6.73. The molecular weight excluding hydrogens is 296 g/mol. The number of aryl methyl sites for hydroxylation is 1. The molecule has 1 fully saturated rings. The Bertz CT molecular complexity index is 676. The van der Waals surface area contributed by atoms with Gasteiger partial charge in [0.25, 0.3) is 0 Å². The van der Waals surface area contributed by atoms with Crippen LogP contribution in [0, 0.1) is 4.77 Å². The molecule has 0 unspecified atom stereocenters. The number of aliphatic hydroxyl groups excluding tert-OH is 1. The summed E-state index contributed by atoms with van der Waals surface area (Å²) in [5.41, 5.74) is 2.35. The minimum Gasteiger partial charge on any atom is -0.392 e. The van der Waals surface area contributed by atoms with Crippen molar-refractivity contribution < 1.29 is 5.11 Å². The Hall–Kier alpha value is -1.50. The maximum Gasteiger partial charge on any atom is 0.217 e. The summed E-state index contributed by atoms with van der Waals surface area (Å²) in [6.07, 6.45) is 2.71. The summed E-state index contributed by atoms with van der Waals surface area (Å²) in [7, 11) is 0. The molecule has 2 heterocycles. The molecule has 1 aromatic heterocycles. The molecule has 0 radical (unpaired) electrons. The number of aromatic amines is 1. The number of hydrogen-bond acceptors (Lipinski definition) is 4. The predicted molar refractivity (Wildman–Crippen MR) is 89.0 cm³/mol. The second-order valence-electron chi connectivity index (χ2n) is 5.85. The van der Waals surface area contributed by atoms with Gasteiger partial charge in [0, 0.05) is 18.7 Å². The monoisotopic (exact) mass is 318 g/mol. The number of likely N-dealkylation sites (tertiary alicyclic amines) is 1. The van der Waals surface area contributed by atoms with Crippen molar-refractivity contribution in [1.82, 2.24) is 19.7 Å². The number of benzene rings is 1. The zero-order valence-corrected chi connectivity index (χ0v) is 13.6. The van der Waals surface area contributed by atoms with Crippen LogP contribution in [-0.2, 0) is 13.1 Å². The van der Waals surface area contributed by atoms with E-state index in [4.69, 9.17) is 12.2 Å². The summed E-state index contributed by atoms with van der Waals surface area (Å²) in [6.45, 7) is 4.47. The molecule has 3 rings (SSSR count). The third kappa shape index (κ3) is 3.45. The molecule has 1 aliphatic rings. The number of aliphatic hydroxyl groups is 1. The number of rotatable bonds is 4. The van der Waals surface area contributed by atoms with Crippen molar-refractivity contribution in [3.8, 4) is 11.4 Å². The smallest absolute Gasteiger partial charge is 0.217 e. The van der Waals surface area contributed by atoms with Gasteiger partial charge >= 0.3 is 0 Å². The highest BCUT2D eigenvalue weighted by atomic mass is 32.1. The van der Waals surface area contributed by atoms with Gasteiger partial charge in [-0.05, 0) is 37.0 Å². The molecule has 118 valence electrons. The Morgan fingerprint density at radius 2 is 2.14 bits per heavy atom. The van der Waals surface area contributed by atoms with Crippen molar-refractivity contribution >= 4 is 12.2 Å². The van der Waals surface area contributed by atoms with E-state index >= 15 is 0 Å². The highest BCUT2D eigenvalue weighted by molar-refractivity contribution is 7.71. The first-order valence-corrected chi connectivity index (χ1v) is 8.23. The van der Waals surface area contributed by atoms with Gasteiger partial charge < -0.3 is 5.11 Å². The van der Waals surface area contributed by atoms with Gasteiger partial charge in [0.1, 0.15) is 0 Å². The molecule has 1 saturated heterocycles. The van der Waals surface area contributed by atoms with E-state index in [1.165, 1.54) is 5.56 Å². The number of aromatic nitrogens is 3. The zero-order valence-electron chi connectivity index (χ0n) is 12.8. The largest absolute Gasteiger partial charge is 0.392 e. The summed E-state index contributed by atoms with van der Waals surface area (Å²) in [5, 5.41) is 13.0. The van der Waals surface area contributed by atoms with Crippen LogP contribution < -0.4 is 0 Å². The van der Waals surface area contributed by atoms with Crippen LogP contribution in [0.3, 0.4) is 0 Å². The first-order valence-electron chi connectivity index (χ1n) is 7.82. The van der Waals surface area contributed by atoms with Crippen LogP contribution >= 0.6 is 12.2 Å². The van der Waals surface area contributed by atoms with E-state index in [1.54, 1.807) is 0 Å². The van der Waals surface area contributed by atoms with Gasteiger partial charge in [-0.25, -0.2) is 4.68 Å². The van der Waals surface area contributed by atoms with Crippen molar-refractivity contribution in [3.05, 3.63) is 34.6 Å². The maximum atomic E-state index is 9.76. The normalized spacial score (nSPS) is 19.5. The molecule has 0 bridgehead atoms. The van der Waals surface area contributed by atoms with Gasteiger partial charge in [-0.2, -0.15) is 4.98 Å². The van der Waals surface area contributed by atoms with Crippen LogP contribution in [0.2, 0.25) is 0 Å². The minimum absolute atomic E-state index is 0.230. The third-order valence-corrected chi connectivity index (χ3v) is 4.45. The fraction of sp³-hybridized carbons (Fsp3) is 0.500. The van der Waals surface area contributed by atoms with Crippen LogP contribution in [0.25, 0.3) is 11.4 Å². The molecule has 1 atom stereocenters. The third-order valence-electron chi connectivity index (χ3n) is 4.14. The molecule has 22 heavy (non-hydrogen) atoms. The highest BCUT2D eigenvalue weighted by Gasteiger charge is 2.18. The molecule has 5 nitrogen and oxygen atoms in total. The van der Waals surface area contributed by atoms with Crippen molar-refractivity contribution in [1.29, 1.82) is 0 Å². The van der Waals surface area contributed by atoms with Gasteiger partial charge in [0.2, 0.25) is 4.77 Å². The Morgan fingerprint density at radius 1 is 1.36 bits per heavy atom. The van der Waals surface area contributed by atoms with Gasteiger partial charge in [-0.15, -0.1) is 0 Å². The molecule has 1 aliphatic heterocycles. The second-order valence-corrected chi connectivity index (χ2v) is 6.21. The molecule has 2 aromatic rings. The minimum atomic E-state index is -0.230. The standard InChI is InChI=1S/C16H22N4OS/c1-2-12-5-7-13(8-6-12)15-17-16(22)20(18-15)11-19-9-3-4-14(21)10-19/h5-8,14,21H,2-4,9-11H2,1H3,(H,17,18,22)/t14-/m1/s1. The lowest BCUT2D eigenvalue weighted by Crippen LogP contribution is -2.39. The van der Waals surface area contributed by atoms with Gasteiger partial charge in [-0.1, -0.05) is 31.2 Å². The van der Waals surface area contributed by atoms with Crippen LogP contribution in [0.15, 0.2) is 24.3 Å². The molecule has 2 N–H and O–H groups in total. The van der Waals surface area contributed by atoms with Crippen LogP contribution in [0.5, 0.6) is 0 Å². The summed E-state index contributed by atoms with van der Waals surface area (Å²) < 4.78 is 2.42. The number of β-amino-alcohol motifs (C(OH)–C–C–N with tert-alkyl or cyclic N) is 1. The first-order chi connectivity index (χ1) is 10.7. The summed E-state index contributed by atoms with van der Waals surface area (Å²) >= 11 is 5.35. The fourth-order valence-electron chi connectivity index (χ4n) is 2.84. The van der Waals surface area contributed by atoms with Crippen molar-refractivity contribution in [2.45, 2.75) is 39.0 Å². The number of H-pyrrole nitrogens is 1. The molecule has 6 heteroatoms. The molecule has 0 spiro atoms. The fourth-order valence-corrected chi connectivity index (χ4v) is 3.03. The van der Waals surface area contributed by atoms with Gasteiger partial charge in [0.05, 0.1) is 12.8 Å². The number of nitrogens with one attached hydrogen (secondary N) is 1. The van der Waals surface area contributed by atoms with Crippen molar-refractivity contribution in [2.24, 2.45) is 0 Å². The van der Waals surface area contributed by atoms with E-state index in [0.717, 1.165) is 37.2 Å². The molecule has 0 amide bonds. The summed E-state index contributed by atoms with van der Waals surface area (Å²) in [5.74, 6) is 0.796. The molecule has 0 saturated carbocycles. The highest BCUT2D eigenvalue weighted by Crippen LogP contribution is 2.17. The summed E-state index contributed by atoms with van der Waals surface area (Å²) in [4.78, 5) is 6.65. The van der Waals surface area contributed by atoms with Gasteiger partial charge in [-0.3, -0.25) is 10.00 Å². The SMILES string of the molecule is CCc1ccc(-c2nc(=S)n(CN3CCC[C@@H](O)C3)[nH]2)cc1. The number of piperidine rings is 1. The van der Waals surface area contributed by atoms with Crippen LogP contribution in [0.1, 0.15) is 25.3 Å². The van der Waals surface area contributed by atoms with Crippen LogP contribution in [0.4, 0.5) is 0 Å². The lowest BCUT2D eigenvalue weighted by Gasteiger charge is -2.29. The zero-order chi connectivity index (χ0) is 15.5. The molecule has 1 aromatic carbocycles. The Labute approximate surface area is 135 Å². The number of nitrogens with zero attached hydrogens (tertiary/aromatic N) is 3.